The predicted molar refractivity (Wildman–Crippen MR) is 144 cm³/mol. The molecule has 2 unspecified atom stereocenters. The molecule has 8 nitrogen and oxygen atoms in total. The number of carbonyl (C=O) groups is 2. The largest absolute Gasteiger partial charge is 0.493 e. The number of rotatable bonds is 13. The fourth-order valence-electron chi connectivity index (χ4n) is 4.46. The third kappa shape index (κ3) is 8.47. The van der Waals surface area contributed by atoms with Crippen LogP contribution in [0.4, 0.5) is 4.79 Å². The van der Waals surface area contributed by atoms with Gasteiger partial charge in [-0.05, 0) is 43.5 Å². The highest BCUT2D eigenvalue weighted by Crippen LogP contribution is 2.24. The van der Waals surface area contributed by atoms with Crippen molar-refractivity contribution in [2.75, 3.05) is 40.0 Å². The van der Waals surface area contributed by atoms with Gasteiger partial charge in [0, 0.05) is 57.3 Å². The zero-order valence-electron chi connectivity index (χ0n) is 22.5. The van der Waals surface area contributed by atoms with Crippen molar-refractivity contribution in [1.82, 2.24) is 15.5 Å². The zero-order chi connectivity index (χ0) is 26.6. The number of hydrogen-bond acceptors (Lipinski definition) is 6. The normalized spacial score (nSPS) is 17.0. The lowest BCUT2D eigenvalue weighted by atomic mass is 10.0. The third-order valence-electron chi connectivity index (χ3n) is 6.62. The molecule has 0 aromatic heterocycles. The van der Waals surface area contributed by atoms with Gasteiger partial charge < -0.3 is 29.7 Å². The van der Waals surface area contributed by atoms with E-state index in [2.05, 4.69) is 17.6 Å². The van der Waals surface area contributed by atoms with Gasteiger partial charge in [0.1, 0.15) is 12.4 Å². The van der Waals surface area contributed by atoms with Gasteiger partial charge in [-0.1, -0.05) is 43.3 Å². The van der Waals surface area contributed by atoms with E-state index in [-0.39, 0.29) is 30.5 Å². The van der Waals surface area contributed by atoms with E-state index < -0.39 is 6.09 Å². The van der Waals surface area contributed by atoms with Gasteiger partial charge in [0.05, 0.1) is 12.6 Å². The van der Waals surface area contributed by atoms with Crippen LogP contribution >= 0.6 is 0 Å². The van der Waals surface area contributed by atoms with Gasteiger partial charge in [-0.15, -0.1) is 0 Å². The van der Waals surface area contributed by atoms with E-state index in [1.807, 2.05) is 67.3 Å². The van der Waals surface area contributed by atoms with Crippen molar-refractivity contribution in [3.05, 3.63) is 65.2 Å². The average Bonchev–Trinajstić information content (AvgIpc) is 3.34. The summed E-state index contributed by atoms with van der Waals surface area (Å²) < 4.78 is 16.5. The SMILES string of the molecule is CCc1ccc(C(=O)N(CC2CNCC2NC(=O)OCc2ccccc2)C(C)C)cc1OCCCOC. The molecule has 2 aromatic carbocycles. The average molecular weight is 512 g/mol. The molecule has 1 saturated heterocycles. The molecular weight excluding hydrogens is 470 g/mol. The van der Waals surface area contributed by atoms with Crippen LogP contribution in [-0.2, 0) is 22.5 Å². The molecule has 0 spiro atoms. The van der Waals surface area contributed by atoms with Gasteiger partial charge in [0.15, 0.2) is 0 Å². The second kappa shape index (κ2) is 14.6. The van der Waals surface area contributed by atoms with Gasteiger partial charge in [0.25, 0.3) is 5.91 Å². The number of hydrogen-bond donors (Lipinski definition) is 2. The molecule has 8 heteroatoms. The molecule has 37 heavy (non-hydrogen) atoms. The standard InChI is InChI=1S/C29H41N3O5/c1-5-23-12-13-24(16-27(23)36-15-9-14-35-4)28(33)32(21(2)3)19-25-17-30-18-26(25)31-29(34)37-20-22-10-7-6-8-11-22/h6-8,10-13,16,21,25-26,30H,5,9,14-15,17-20H2,1-4H3,(H,31,34). The molecule has 0 radical (unpaired) electrons. The number of alkyl carbamates (subject to hydrolysis) is 1. The Morgan fingerprint density at radius 1 is 1.11 bits per heavy atom. The quantitative estimate of drug-likeness (QED) is 0.395. The first kappa shape index (κ1) is 28.5. The molecule has 1 aliphatic rings. The van der Waals surface area contributed by atoms with Crippen molar-refractivity contribution in [3.63, 3.8) is 0 Å². The molecule has 202 valence electrons. The van der Waals surface area contributed by atoms with Crippen molar-refractivity contribution in [3.8, 4) is 5.75 Å². The van der Waals surface area contributed by atoms with Crippen LogP contribution < -0.4 is 15.4 Å². The van der Waals surface area contributed by atoms with Gasteiger partial charge in [0.2, 0.25) is 0 Å². The number of amides is 2. The number of nitrogens with one attached hydrogen (secondary N) is 2. The summed E-state index contributed by atoms with van der Waals surface area (Å²) in [6, 6.07) is 15.2. The minimum atomic E-state index is -0.449. The molecule has 0 saturated carbocycles. The van der Waals surface area contributed by atoms with Crippen molar-refractivity contribution in [1.29, 1.82) is 0 Å². The summed E-state index contributed by atoms with van der Waals surface area (Å²) >= 11 is 0. The topological polar surface area (TPSA) is 89.1 Å². The highest BCUT2D eigenvalue weighted by atomic mass is 16.5. The summed E-state index contributed by atoms with van der Waals surface area (Å²) in [6.45, 7) is 9.35. The Morgan fingerprint density at radius 3 is 2.59 bits per heavy atom. The maximum Gasteiger partial charge on any atom is 0.407 e. The summed E-state index contributed by atoms with van der Waals surface area (Å²) in [5.41, 5.74) is 2.61. The van der Waals surface area contributed by atoms with Crippen LogP contribution in [0.2, 0.25) is 0 Å². The van der Waals surface area contributed by atoms with Crippen molar-refractivity contribution >= 4 is 12.0 Å². The lowest BCUT2D eigenvalue weighted by Gasteiger charge is -2.32. The number of aryl methyl sites for hydroxylation is 1. The van der Waals surface area contributed by atoms with Crippen molar-refractivity contribution in [2.45, 2.75) is 52.3 Å². The first-order valence-electron chi connectivity index (χ1n) is 13.2. The summed E-state index contributed by atoms with van der Waals surface area (Å²) in [5.74, 6) is 0.767. The second-order valence-electron chi connectivity index (χ2n) is 9.65. The molecule has 2 N–H and O–H groups in total. The van der Waals surface area contributed by atoms with E-state index in [1.54, 1.807) is 7.11 Å². The molecule has 2 aromatic rings. The molecule has 0 bridgehead atoms. The van der Waals surface area contributed by atoms with Crippen LogP contribution in [0, 0.1) is 5.92 Å². The smallest absolute Gasteiger partial charge is 0.407 e. The van der Waals surface area contributed by atoms with Gasteiger partial charge >= 0.3 is 6.09 Å². The van der Waals surface area contributed by atoms with E-state index in [0.29, 0.717) is 38.4 Å². The summed E-state index contributed by atoms with van der Waals surface area (Å²) in [6.07, 6.45) is 1.16. The molecular formula is C29H41N3O5. The molecule has 1 aliphatic heterocycles. The van der Waals surface area contributed by atoms with E-state index >= 15 is 0 Å². The lowest BCUT2D eigenvalue weighted by molar-refractivity contribution is 0.0666. The summed E-state index contributed by atoms with van der Waals surface area (Å²) in [7, 11) is 1.67. The van der Waals surface area contributed by atoms with Crippen molar-refractivity contribution < 1.29 is 23.8 Å². The minimum absolute atomic E-state index is 0.00398. The molecule has 2 amide bonds. The lowest BCUT2D eigenvalue weighted by Crippen LogP contribution is -2.47. The maximum absolute atomic E-state index is 13.6. The third-order valence-corrected chi connectivity index (χ3v) is 6.62. The zero-order valence-corrected chi connectivity index (χ0v) is 22.5. The fourth-order valence-corrected chi connectivity index (χ4v) is 4.46. The predicted octanol–water partition coefficient (Wildman–Crippen LogP) is 4.03. The number of carbonyl (C=O) groups excluding carboxylic acids is 2. The van der Waals surface area contributed by atoms with Crippen LogP contribution in [0.25, 0.3) is 0 Å². The molecule has 2 atom stereocenters. The van der Waals surface area contributed by atoms with Crippen molar-refractivity contribution in [2.24, 2.45) is 5.92 Å². The second-order valence-corrected chi connectivity index (χ2v) is 9.65. The van der Waals surface area contributed by atoms with Crippen LogP contribution in [0.3, 0.4) is 0 Å². The number of methoxy groups -OCH3 is 1. The van der Waals surface area contributed by atoms with Crippen LogP contribution in [0.5, 0.6) is 5.75 Å². The number of ether oxygens (including phenoxy) is 3. The summed E-state index contributed by atoms with van der Waals surface area (Å²) in [5, 5.41) is 6.33. The van der Waals surface area contributed by atoms with Crippen LogP contribution in [0.15, 0.2) is 48.5 Å². The molecule has 1 heterocycles. The molecule has 1 fully saturated rings. The van der Waals surface area contributed by atoms with E-state index in [1.165, 1.54) is 0 Å². The van der Waals surface area contributed by atoms with Crippen LogP contribution in [0.1, 0.15) is 48.7 Å². The Labute approximate surface area is 220 Å². The first-order chi connectivity index (χ1) is 17.9. The Hall–Kier alpha value is -3.10. The fraction of sp³-hybridized carbons (Fsp3) is 0.517. The van der Waals surface area contributed by atoms with E-state index in [0.717, 1.165) is 29.7 Å². The first-order valence-corrected chi connectivity index (χ1v) is 13.2. The number of benzene rings is 2. The highest BCUT2D eigenvalue weighted by molar-refractivity contribution is 5.95. The minimum Gasteiger partial charge on any atom is -0.493 e. The summed E-state index contributed by atoms with van der Waals surface area (Å²) in [4.78, 5) is 27.9. The molecule has 0 aliphatic carbocycles. The Bertz CT molecular complexity index is 998. The van der Waals surface area contributed by atoms with Gasteiger partial charge in [-0.25, -0.2) is 4.79 Å². The monoisotopic (exact) mass is 511 g/mol. The Morgan fingerprint density at radius 2 is 1.89 bits per heavy atom. The van der Waals surface area contributed by atoms with Crippen LogP contribution in [-0.4, -0.2) is 68.9 Å². The highest BCUT2D eigenvalue weighted by Gasteiger charge is 2.33. The number of nitrogens with zero attached hydrogens (tertiary/aromatic N) is 1. The van der Waals surface area contributed by atoms with Gasteiger partial charge in [-0.3, -0.25) is 4.79 Å². The molecule has 3 rings (SSSR count). The van der Waals surface area contributed by atoms with E-state index in [4.69, 9.17) is 14.2 Å². The Kier molecular flexibility index (Phi) is 11.2. The van der Waals surface area contributed by atoms with E-state index in [9.17, 15) is 9.59 Å². The van der Waals surface area contributed by atoms with Gasteiger partial charge in [-0.2, -0.15) is 0 Å². The Balaban J connectivity index is 1.63. The maximum atomic E-state index is 13.6.